The minimum absolute atomic E-state index is 0.0795. The third-order valence-electron chi connectivity index (χ3n) is 6.14. The molecule has 166 valence electrons. The van der Waals surface area contributed by atoms with Crippen molar-refractivity contribution in [2.75, 3.05) is 14.2 Å². The van der Waals surface area contributed by atoms with Gasteiger partial charge >= 0.3 is 192 Å². The summed E-state index contributed by atoms with van der Waals surface area (Å²) < 4.78 is 20.6. The summed E-state index contributed by atoms with van der Waals surface area (Å²) in [7, 11) is 3.08. The van der Waals surface area contributed by atoms with E-state index in [-0.39, 0.29) is 20.7 Å². The van der Waals surface area contributed by atoms with Crippen molar-refractivity contribution in [3.05, 3.63) is 58.0 Å². The second kappa shape index (κ2) is 8.96. The molecule has 32 heavy (non-hydrogen) atoms. The number of ether oxygens (including phenoxy) is 2. The standard InChI is InChI=1S/C24H26N4O3Se/c1-30-19-11-8-16(9-12-19)15-27-20-13-10-17(22(29)31-2)14-21(20)28-23(27)26-32-24(28)25-18-6-4-3-5-7-18/h8-14,18H,3-7,15H2,1-2H3. The zero-order valence-electron chi connectivity index (χ0n) is 18.3. The summed E-state index contributed by atoms with van der Waals surface area (Å²) in [5, 5.41) is 0. The zero-order valence-corrected chi connectivity index (χ0v) is 20.0. The van der Waals surface area contributed by atoms with Crippen LogP contribution in [-0.4, -0.2) is 53.9 Å². The van der Waals surface area contributed by atoms with E-state index in [2.05, 4.69) is 21.1 Å². The van der Waals surface area contributed by atoms with Crippen molar-refractivity contribution in [3.63, 3.8) is 0 Å². The summed E-state index contributed by atoms with van der Waals surface area (Å²) in [6.45, 7) is 0.677. The predicted molar refractivity (Wildman–Crippen MR) is 123 cm³/mol. The fourth-order valence-electron chi connectivity index (χ4n) is 4.43. The maximum atomic E-state index is 12.2. The van der Waals surface area contributed by atoms with Crippen molar-refractivity contribution in [2.24, 2.45) is 4.99 Å². The molecule has 2 aromatic carbocycles. The summed E-state index contributed by atoms with van der Waals surface area (Å²) in [5.41, 5.74) is 3.67. The molecule has 1 aliphatic rings. The molecule has 0 unspecified atom stereocenters. The molecule has 0 bridgehead atoms. The summed E-state index contributed by atoms with van der Waals surface area (Å²) in [5.74, 6) is 1.39. The summed E-state index contributed by atoms with van der Waals surface area (Å²) in [4.78, 5) is 17.3. The normalized spacial score (nSPS) is 15.5. The molecule has 1 aliphatic carbocycles. The Kier molecular flexibility index (Phi) is 5.89. The van der Waals surface area contributed by atoms with Crippen LogP contribution in [0.5, 0.6) is 5.75 Å². The molecular formula is C24H26N4O3Se. The number of rotatable bonds is 5. The first-order valence-corrected chi connectivity index (χ1v) is 12.6. The second-order valence-electron chi connectivity index (χ2n) is 8.15. The molecule has 2 heterocycles. The molecule has 0 amide bonds. The van der Waals surface area contributed by atoms with Crippen LogP contribution in [0.4, 0.5) is 0 Å². The van der Waals surface area contributed by atoms with Crippen molar-refractivity contribution < 1.29 is 14.3 Å². The number of carbonyl (C=O) groups excluding carboxylic acids is 1. The quantitative estimate of drug-likeness (QED) is 0.313. The molecule has 4 aromatic rings. The molecule has 7 nitrogen and oxygen atoms in total. The molecule has 0 N–H and O–H groups in total. The zero-order chi connectivity index (χ0) is 22.1. The molecule has 1 fully saturated rings. The summed E-state index contributed by atoms with van der Waals surface area (Å²) in [6.07, 6.45) is 6.09. The fraction of sp³-hybridized carbons (Fsp3) is 0.375. The average molecular weight is 497 g/mol. The van der Waals surface area contributed by atoms with E-state index in [1.165, 1.54) is 26.4 Å². The molecule has 0 radical (unpaired) electrons. The van der Waals surface area contributed by atoms with E-state index in [1.807, 2.05) is 30.3 Å². The Hall–Kier alpha value is -2.83. The molecule has 0 aliphatic heterocycles. The van der Waals surface area contributed by atoms with E-state index >= 15 is 0 Å². The van der Waals surface area contributed by atoms with Gasteiger partial charge in [0, 0.05) is 0 Å². The topological polar surface area (TPSA) is 70.1 Å². The first-order chi connectivity index (χ1) is 15.7. The van der Waals surface area contributed by atoms with Gasteiger partial charge in [0.2, 0.25) is 0 Å². The van der Waals surface area contributed by atoms with Gasteiger partial charge in [-0.05, 0) is 0 Å². The van der Waals surface area contributed by atoms with E-state index in [4.69, 9.17) is 18.4 Å². The first kappa shape index (κ1) is 21.0. The Labute approximate surface area is 192 Å². The number of carbonyl (C=O) groups is 1. The molecule has 0 spiro atoms. The third-order valence-corrected chi connectivity index (χ3v) is 7.62. The number of hydrogen-bond donors (Lipinski definition) is 0. The first-order valence-electron chi connectivity index (χ1n) is 10.9. The van der Waals surface area contributed by atoms with Crippen molar-refractivity contribution in [1.82, 2.24) is 12.9 Å². The van der Waals surface area contributed by atoms with Crippen LogP contribution < -0.4 is 9.10 Å². The van der Waals surface area contributed by atoms with Crippen LogP contribution in [-0.2, 0) is 11.3 Å². The molecule has 1 saturated carbocycles. The monoisotopic (exact) mass is 498 g/mol. The van der Waals surface area contributed by atoms with Crippen molar-refractivity contribution in [2.45, 2.75) is 44.7 Å². The van der Waals surface area contributed by atoms with E-state index in [9.17, 15) is 4.79 Å². The van der Waals surface area contributed by atoms with Crippen LogP contribution >= 0.6 is 0 Å². The number of methoxy groups -OCH3 is 2. The van der Waals surface area contributed by atoms with Gasteiger partial charge in [-0.3, -0.25) is 0 Å². The van der Waals surface area contributed by atoms with Gasteiger partial charge < -0.3 is 0 Å². The molecule has 0 atom stereocenters. The van der Waals surface area contributed by atoms with Gasteiger partial charge in [0.15, 0.2) is 0 Å². The van der Waals surface area contributed by atoms with Crippen LogP contribution in [0.25, 0.3) is 16.8 Å². The summed E-state index contributed by atoms with van der Waals surface area (Å²) in [6, 6.07) is 14.2. The number of nitrogens with zero attached hydrogens (tertiary/aromatic N) is 4. The second-order valence-corrected chi connectivity index (χ2v) is 9.68. The maximum absolute atomic E-state index is 12.2. The van der Waals surface area contributed by atoms with Crippen LogP contribution in [0.3, 0.4) is 0 Å². The predicted octanol–water partition coefficient (Wildman–Crippen LogP) is 3.42. The number of fused-ring (bicyclic) bond motifs is 3. The number of hydrogen-bond acceptors (Lipinski definition) is 5. The van der Waals surface area contributed by atoms with Gasteiger partial charge in [0.05, 0.1) is 0 Å². The van der Waals surface area contributed by atoms with Gasteiger partial charge in [0.25, 0.3) is 0 Å². The molecule has 8 heteroatoms. The Balaban J connectivity index is 1.68. The minimum atomic E-state index is -0.338. The number of benzene rings is 2. The van der Waals surface area contributed by atoms with Gasteiger partial charge in [0.1, 0.15) is 0 Å². The van der Waals surface area contributed by atoms with Gasteiger partial charge in [-0.15, -0.1) is 0 Å². The third kappa shape index (κ3) is 3.89. The molecule has 0 saturated heterocycles. The molecule has 2 aromatic heterocycles. The fourth-order valence-corrected chi connectivity index (χ4v) is 6.11. The van der Waals surface area contributed by atoms with E-state index in [1.54, 1.807) is 7.11 Å². The summed E-state index contributed by atoms with van der Waals surface area (Å²) >= 11 is -0.0795. The molecule has 5 rings (SSSR count). The Morgan fingerprint density at radius 3 is 2.59 bits per heavy atom. The number of aromatic nitrogens is 3. The van der Waals surface area contributed by atoms with Crippen molar-refractivity contribution in [1.29, 1.82) is 0 Å². The van der Waals surface area contributed by atoms with Crippen LogP contribution in [0.15, 0.2) is 47.5 Å². The average Bonchev–Trinajstić information content (AvgIpc) is 3.38. The SMILES string of the molecule is COC(=O)c1ccc2c(c1)n1c(=NC3CCCCC3)[se]nc1n2Cc1ccc(OC)cc1. The van der Waals surface area contributed by atoms with Crippen molar-refractivity contribution >= 4 is 37.5 Å². The van der Waals surface area contributed by atoms with E-state index in [0.717, 1.165) is 45.3 Å². The van der Waals surface area contributed by atoms with Crippen LogP contribution in [0.1, 0.15) is 48.0 Å². The van der Waals surface area contributed by atoms with Crippen LogP contribution in [0, 0.1) is 0 Å². The molecular weight excluding hydrogens is 471 g/mol. The van der Waals surface area contributed by atoms with Gasteiger partial charge in [-0.25, -0.2) is 0 Å². The Morgan fingerprint density at radius 1 is 1.09 bits per heavy atom. The Bertz CT molecular complexity index is 1330. The van der Waals surface area contributed by atoms with Crippen LogP contribution in [0.2, 0.25) is 0 Å². The van der Waals surface area contributed by atoms with Gasteiger partial charge in [-0.1, -0.05) is 0 Å². The number of esters is 1. The van der Waals surface area contributed by atoms with E-state index in [0.29, 0.717) is 18.2 Å². The van der Waals surface area contributed by atoms with Crippen molar-refractivity contribution in [3.8, 4) is 5.75 Å². The van der Waals surface area contributed by atoms with Gasteiger partial charge in [-0.2, -0.15) is 0 Å². The van der Waals surface area contributed by atoms with E-state index < -0.39 is 0 Å². The number of imidazole rings is 1. The Morgan fingerprint density at radius 2 is 1.88 bits per heavy atom.